The number of halogens is 1. The highest BCUT2D eigenvalue weighted by Gasteiger charge is 2.30. The fraction of sp³-hybridized carbons (Fsp3) is 1.00. The van der Waals surface area contributed by atoms with Gasteiger partial charge in [0.15, 0.2) is 0 Å². The van der Waals surface area contributed by atoms with Crippen LogP contribution < -0.4 is 10.0 Å². The van der Waals surface area contributed by atoms with Crippen LogP contribution in [-0.4, -0.2) is 44.9 Å². The summed E-state index contributed by atoms with van der Waals surface area (Å²) >= 11 is 0. The van der Waals surface area contributed by atoms with Crippen molar-refractivity contribution in [2.24, 2.45) is 5.92 Å². The largest absolute Gasteiger partial charge is 0.316 e. The van der Waals surface area contributed by atoms with Gasteiger partial charge in [0, 0.05) is 19.1 Å². The minimum atomic E-state index is -3.35. The quantitative estimate of drug-likeness (QED) is 0.804. The molecular weight excluding hydrogens is 310 g/mol. The van der Waals surface area contributed by atoms with E-state index in [1.54, 1.807) is 11.4 Å². The highest BCUT2D eigenvalue weighted by molar-refractivity contribution is 7.87. The zero-order valence-electron chi connectivity index (χ0n) is 13.2. The van der Waals surface area contributed by atoms with Gasteiger partial charge in [0.05, 0.1) is 0 Å². The summed E-state index contributed by atoms with van der Waals surface area (Å²) in [6.45, 7) is 3.96. The van der Waals surface area contributed by atoms with Gasteiger partial charge < -0.3 is 5.32 Å². The highest BCUT2D eigenvalue weighted by atomic mass is 35.5. The van der Waals surface area contributed by atoms with E-state index in [0.717, 1.165) is 51.6 Å². The maximum Gasteiger partial charge on any atom is 0.279 e. The average molecular weight is 340 g/mol. The molecule has 21 heavy (non-hydrogen) atoms. The molecule has 0 aromatic carbocycles. The van der Waals surface area contributed by atoms with E-state index in [4.69, 9.17) is 0 Å². The molecule has 0 spiro atoms. The average Bonchev–Trinajstić information content (AvgIpc) is 2.48. The van der Waals surface area contributed by atoms with Gasteiger partial charge in [0.2, 0.25) is 0 Å². The molecule has 5 nitrogen and oxygen atoms in total. The second-order valence-electron chi connectivity index (χ2n) is 6.33. The Morgan fingerprint density at radius 1 is 1.14 bits per heavy atom. The zero-order valence-corrected chi connectivity index (χ0v) is 14.8. The molecule has 2 unspecified atom stereocenters. The summed E-state index contributed by atoms with van der Waals surface area (Å²) < 4.78 is 29.4. The van der Waals surface area contributed by atoms with E-state index in [1.807, 2.05) is 6.92 Å². The third-order valence-electron chi connectivity index (χ3n) is 4.84. The van der Waals surface area contributed by atoms with Crippen LogP contribution in [0.2, 0.25) is 0 Å². The Morgan fingerprint density at radius 3 is 2.38 bits per heavy atom. The number of hydrogen-bond donors (Lipinski definition) is 2. The molecule has 0 radical (unpaired) electrons. The SMILES string of the molecule is CC(NS(=O)(=O)N(C)C1CCCCC1)C1CCCNC1.Cl. The molecule has 1 aliphatic carbocycles. The molecule has 2 rings (SSSR count). The topological polar surface area (TPSA) is 61.4 Å². The van der Waals surface area contributed by atoms with Crippen LogP contribution in [0.3, 0.4) is 0 Å². The fourth-order valence-electron chi connectivity index (χ4n) is 3.36. The van der Waals surface area contributed by atoms with Crippen LogP contribution in [0.25, 0.3) is 0 Å². The lowest BCUT2D eigenvalue weighted by atomic mass is 9.94. The Balaban J connectivity index is 0.00000220. The van der Waals surface area contributed by atoms with Gasteiger partial charge in [-0.3, -0.25) is 0 Å². The third-order valence-corrected chi connectivity index (χ3v) is 6.57. The van der Waals surface area contributed by atoms with Gasteiger partial charge in [-0.25, -0.2) is 0 Å². The number of nitrogens with zero attached hydrogens (tertiary/aromatic N) is 1. The summed E-state index contributed by atoms with van der Waals surface area (Å²) in [5.74, 6) is 0.401. The van der Waals surface area contributed by atoms with Crippen LogP contribution in [0.4, 0.5) is 0 Å². The van der Waals surface area contributed by atoms with Gasteiger partial charge in [-0.05, 0) is 51.6 Å². The molecule has 1 saturated carbocycles. The Morgan fingerprint density at radius 2 is 1.81 bits per heavy atom. The molecule has 2 atom stereocenters. The highest BCUT2D eigenvalue weighted by Crippen LogP contribution is 2.23. The molecule has 0 amide bonds. The normalized spacial score (nSPS) is 26.3. The van der Waals surface area contributed by atoms with Gasteiger partial charge in [0.1, 0.15) is 0 Å². The lowest BCUT2D eigenvalue weighted by molar-refractivity contribution is 0.273. The second kappa shape index (κ2) is 8.67. The molecule has 0 aromatic heterocycles. The first-order valence-corrected chi connectivity index (χ1v) is 9.40. The lowest BCUT2D eigenvalue weighted by Crippen LogP contribution is -2.51. The van der Waals surface area contributed by atoms with E-state index >= 15 is 0 Å². The summed E-state index contributed by atoms with van der Waals surface area (Å²) in [6.07, 6.45) is 7.76. The monoisotopic (exact) mass is 339 g/mol. The first-order valence-electron chi connectivity index (χ1n) is 7.96. The second-order valence-corrected chi connectivity index (χ2v) is 8.09. The predicted octanol–water partition coefficient (Wildman–Crippen LogP) is 1.90. The Labute approximate surface area is 135 Å². The molecule has 0 bridgehead atoms. The maximum absolute atomic E-state index is 12.5. The summed E-state index contributed by atoms with van der Waals surface area (Å²) in [7, 11) is -1.63. The first-order chi connectivity index (χ1) is 9.50. The molecule has 0 aromatic rings. The molecule has 126 valence electrons. The van der Waals surface area contributed by atoms with Gasteiger partial charge in [-0.15, -0.1) is 12.4 Å². The molecule has 2 N–H and O–H groups in total. The number of piperidine rings is 1. The number of hydrogen-bond acceptors (Lipinski definition) is 3. The van der Waals surface area contributed by atoms with Crippen molar-refractivity contribution in [1.82, 2.24) is 14.3 Å². The number of nitrogens with one attached hydrogen (secondary N) is 2. The van der Waals surface area contributed by atoms with Crippen LogP contribution >= 0.6 is 12.4 Å². The van der Waals surface area contributed by atoms with Crippen molar-refractivity contribution in [3.63, 3.8) is 0 Å². The molecule has 1 heterocycles. The van der Waals surface area contributed by atoms with E-state index in [1.165, 1.54) is 6.42 Å². The van der Waals surface area contributed by atoms with E-state index in [0.29, 0.717) is 5.92 Å². The smallest absolute Gasteiger partial charge is 0.279 e. The Kier molecular flexibility index (Phi) is 7.92. The van der Waals surface area contributed by atoms with Crippen molar-refractivity contribution in [2.75, 3.05) is 20.1 Å². The van der Waals surface area contributed by atoms with Crippen LogP contribution in [0.5, 0.6) is 0 Å². The van der Waals surface area contributed by atoms with Crippen molar-refractivity contribution in [3.8, 4) is 0 Å². The lowest BCUT2D eigenvalue weighted by Gasteiger charge is -2.34. The van der Waals surface area contributed by atoms with Gasteiger partial charge in [-0.2, -0.15) is 17.4 Å². The minimum Gasteiger partial charge on any atom is -0.316 e. The predicted molar refractivity (Wildman–Crippen MR) is 89.0 cm³/mol. The van der Waals surface area contributed by atoms with Crippen LogP contribution in [0.15, 0.2) is 0 Å². The fourth-order valence-corrected chi connectivity index (χ4v) is 4.79. The van der Waals surface area contributed by atoms with E-state index in [-0.39, 0.29) is 24.5 Å². The van der Waals surface area contributed by atoms with E-state index < -0.39 is 10.2 Å². The van der Waals surface area contributed by atoms with Gasteiger partial charge >= 0.3 is 0 Å². The summed E-state index contributed by atoms with van der Waals surface area (Å²) in [6, 6.07) is 0.178. The maximum atomic E-state index is 12.5. The Hall–Kier alpha value is 0.120. The van der Waals surface area contributed by atoms with Crippen LogP contribution in [-0.2, 0) is 10.2 Å². The third kappa shape index (κ3) is 5.36. The van der Waals surface area contributed by atoms with Crippen LogP contribution in [0.1, 0.15) is 51.9 Å². The van der Waals surface area contributed by atoms with E-state index in [2.05, 4.69) is 10.0 Å². The molecular formula is C14H30ClN3O2S. The van der Waals surface area contributed by atoms with E-state index in [9.17, 15) is 8.42 Å². The van der Waals surface area contributed by atoms with Gasteiger partial charge in [0.25, 0.3) is 10.2 Å². The molecule has 1 aliphatic heterocycles. The van der Waals surface area contributed by atoms with Gasteiger partial charge in [-0.1, -0.05) is 19.3 Å². The van der Waals surface area contributed by atoms with Crippen LogP contribution in [0, 0.1) is 5.92 Å². The Bertz CT molecular complexity index is 393. The summed E-state index contributed by atoms with van der Waals surface area (Å²) in [5.41, 5.74) is 0. The van der Waals surface area contributed by atoms with Crippen molar-refractivity contribution in [2.45, 2.75) is 64.0 Å². The number of rotatable bonds is 5. The standard InChI is InChI=1S/C14H29N3O2S.ClH/c1-12(13-7-6-10-15-11-13)16-20(18,19)17(2)14-8-4-3-5-9-14;/h12-16H,3-11H2,1-2H3;1H. The first kappa shape index (κ1) is 19.2. The zero-order chi connectivity index (χ0) is 14.6. The molecule has 2 fully saturated rings. The van der Waals surface area contributed by atoms with Crippen molar-refractivity contribution >= 4 is 22.6 Å². The van der Waals surface area contributed by atoms with Crippen molar-refractivity contribution in [1.29, 1.82) is 0 Å². The van der Waals surface area contributed by atoms with Crippen molar-refractivity contribution in [3.05, 3.63) is 0 Å². The molecule has 2 aliphatic rings. The summed E-state index contributed by atoms with van der Waals surface area (Å²) in [5, 5.41) is 3.35. The van der Waals surface area contributed by atoms with Crippen molar-refractivity contribution < 1.29 is 8.42 Å². The molecule has 7 heteroatoms. The molecule has 1 saturated heterocycles. The minimum absolute atomic E-state index is 0. The summed E-state index contributed by atoms with van der Waals surface area (Å²) in [4.78, 5) is 0.